The third-order valence-electron chi connectivity index (χ3n) is 3.71. The van der Waals surface area contributed by atoms with Gasteiger partial charge in [0.25, 0.3) is 0 Å². The van der Waals surface area contributed by atoms with Crippen LogP contribution in [0.3, 0.4) is 0 Å². The number of hydrogen-bond acceptors (Lipinski definition) is 5. The lowest BCUT2D eigenvalue weighted by atomic mass is 10.1. The van der Waals surface area contributed by atoms with E-state index in [1.165, 1.54) is 10.4 Å². The van der Waals surface area contributed by atoms with Crippen LogP contribution in [0, 0.1) is 6.92 Å². The number of halogens is 1. The van der Waals surface area contributed by atoms with E-state index in [0.29, 0.717) is 5.82 Å². The molecule has 1 aliphatic heterocycles. The van der Waals surface area contributed by atoms with Gasteiger partial charge in [-0.3, -0.25) is 4.79 Å². The number of hydrogen-bond donors (Lipinski definition) is 2. The van der Waals surface area contributed by atoms with Crippen molar-refractivity contribution in [1.29, 1.82) is 0 Å². The van der Waals surface area contributed by atoms with Crippen molar-refractivity contribution in [3.63, 3.8) is 0 Å². The summed E-state index contributed by atoms with van der Waals surface area (Å²) in [5.74, 6) is 0.452. The fourth-order valence-electron chi connectivity index (χ4n) is 2.51. The highest BCUT2D eigenvalue weighted by Gasteiger charge is 2.16. The SMILES string of the molecule is Cc1ccc(-c2nnn(CC(=O)NC3CCCNC3)n2)cc1.Cl. The van der Waals surface area contributed by atoms with Crippen molar-refractivity contribution in [2.75, 3.05) is 13.1 Å². The van der Waals surface area contributed by atoms with E-state index >= 15 is 0 Å². The average molecular weight is 337 g/mol. The van der Waals surface area contributed by atoms with E-state index in [1.54, 1.807) is 0 Å². The molecule has 1 atom stereocenters. The number of piperidine rings is 1. The first-order valence-corrected chi connectivity index (χ1v) is 7.55. The third-order valence-corrected chi connectivity index (χ3v) is 3.71. The summed E-state index contributed by atoms with van der Waals surface area (Å²) < 4.78 is 0. The summed E-state index contributed by atoms with van der Waals surface area (Å²) in [7, 11) is 0. The Morgan fingerprint density at radius 3 is 2.87 bits per heavy atom. The molecule has 7 nitrogen and oxygen atoms in total. The van der Waals surface area contributed by atoms with Gasteiger partial charge < -0.3 is 10.6 Å². The smallest absolute Gasteiger partial charge is 0.243 e. The number of rotatable bonds is 4. The third kappa shape index (κ3) is 4.74. The first-order valence-electron chi connectivity index (χ1n) is 7.55. The molecular formula is C15H21ClN6O. The van der Waals surface area contributed by atoms with Gasteiger partial charge in [0.1, 0.15) is 6.54 Å². The number of carbonyl (C=O) groups is 1. The second-order valence-corrected chi connectivity index (χ2v) is 5.62. The number of amides is 1. The molecule has 1 aliphatic rings. The molecule has 8 heteroatoms. The zero-order valence-corrected chi connectivity index (χ0v) is 13.8. The summed E-state index contributed by atoms with van der Waals surface area (Å²) in [5.41, 5.74) is 2.07. The maximum Gasteiger partial charge on any atom is 0.243 e. The molecule has 1 saturated heterocycles. The average Bonchev–Trinajstić information content (AvgIpc) is 2.97. The second-order valence-electron chi connectivity index (χ2n) is 5.62. The van der Waals surface area contributed by atoms with Gasteiger partial charge >= 0.3 is 0 Å². The molecule has 1 aromatic carbocycles. The predicted octanol–water partition coefficient (Wildman–Crippen LogP) is 0.939. The lowest BCUT2D eigenvalue weighted by molar-refractivity contribution is -0.122. The molecule has 3 rings (SSSR count). The monoisotopic (exact) mass is 336 g/mol. The van der Waals surface area contributed by atoms with Crippen molar-refractivity contribution in [2.24, 2.45) is 0 Å². The van der Waals surface area contributed by atoms with Gasteiger partial charge in [0.2, 0.25) is 11.7 Å². The molecule has 1 unspecified atom stereocenters. The molecule has 0 saturated carbocycles. The van der Waals surface area contributed by atoms with E-state index in [1.807, 2.05) is 31.2 Å². The summed E-state index contributed by atoms with van der Waals surface area (Å²) >= 11 is 0. The van der Waals surface area contributed by atoms with E-state index in [2.05, 4.69) is 26.0 Å². The molecule has 1 amide bonds. The van der Waals surface area contributed by atoms with Crippen LogP contribution in [0.4, 0.5) is 0 Å². The summed E-state index contributed by atoms with van der Waals surface area (Å²) in [4.78, 5) is 13.3. The van der Waals surface area contributed by atoms with Crippen LogP contribution in [0.25, 0.3) is 11.4 Å². The minimum absolute atomic E-state index is 0. The lowest BCUT2D eigenvalue weighted by Crippen LogP contribution is -2.46. The standard InChI is InChI=1S/C15H20N6O.ClH/c1-11-4-6-12(7-5-11)15-18-20-21(19-15)10-14(22)17-13-3-2-8-16-9-13;/h4-7,13,16H,2-3,8-10H2,1H3,(H,17,22);1H. The van der Waals surface area contributed by atoms with Gasteiger partial charge in [-0.05, 0) is 31.5 Å². The van der Waals surface area contributed by atoms with E-state index in [-0.39, 0.29) is 30.9 Å². The van der Waals surface area contributed by atoms with Crippen molar-refractivity contribution in [3.05, 3.63) is 29.8 Å². The Morgan fingerprint density at radius 2 is 2.17 bits per heavy atom. The van der Waals surface area contributed by atoms with Crippen LogP contribution in [0.1, 0.15) is 18.4 Å². The molecule has 2 N–H and O–H groups in total. The van der Waals surface area contributed by atoms with Gasteiger partial charge in [0.05, 0.1) is 0 Å². The summed E-state index contributed by atoms with van der Waals surface area (Å²) in [5, 5.41) is 18.5. The Bertz CT molecular complexity index is 636. The Kier molecular flexibility index (Phi) is 6.06. The van der Waals surface area contributed by atoms with Gasteiger partial charge in [0, 0.05) is 18.2 Å². The lowest BCUT2D eigenvalue weighted by Gasteiger charge is -2.23. The number of aryl methyl sites for hydroxylation is 1. The topological polar surface area (TPSA) is 84.7 Å². The maximum absolute atomic E-state index is 12.0. The number of nitrogens with one attached hydrogen (secondary N) is 2. The summed E-state index contributed by atoms with van der Waals surface area (Å²) in [6, 6.07) is 8.09. The molecule has 1 fully saturated rings. The van der Waals surface area contributed by atoms with Crippen LogP contribution >= 0.6 is 12.4 Å². The first kappa shape index (κ1) is 17.4. The highest BCUT2D eigenvalue weighted by atomic mass is 35.5. The number of aromatic nitrogens is 4. The number of tetrazole rings is 1. The molecule has 0 aliphatic carbocycles. The van der Waals surface area contributed by atoms with E-state index in [4.69, 9.17) is 0 Å². The van der Waals surface area contributed by atoms with Crippen LogP contribution in [-0.4, -0.2) is 45.2 Å². The van der Waals surface area contributed by atoms with Crippen LogP contribution in [0.2, 0.25) is 0 Å². The number of carbonyl (C=O) groups excluding carboxylic acids is 1. The molecule has 0 spiro atoms. The zero-order valence-electron chi connectivity index (χ0n) is 13.0. The van der Waals surface area contributed by atoms with Gasteiger partial charge in [-0.25, -0.2) is 0 Å². The highest BCUT2D eigenvalue weighted by Crippen LogP contribution is 2.13. The van der Waals surface area contributed by atoms with Crippen molar-refractivity contribution in [3.8, 4) is 11.4 Å². The van der Waals surface area contributed by atoms with E-state index in [9.17, 15) is 4.79 Å². The van der Waals surface area contributed by atoms with Gasteiger partial charge in [-0.1, -0.05) is 29.8 Å². The first-order chi connectivity index (χ1) is 10.7. The molecule has 0 bridgehead atoms. The van der Waals surface area contributed by atoms with Crippen molar-refractivity contribution >= 4 is 18.3 Å². The normalized spacial score (nSPS) is 17.3. The number of benzene rings is 1. The van der Waals surface area contributed by atoms with Gasteiger partial charge in [-0.15, -0.1) is 22.6 Å². The van der Waals surface area contributed by atoms with Crippen LogP contribution in [-0.2, 0) is 11.3 Å². The Morgan fingerprint density at radius 1 is 1.39 bits per heavy atom. The minimum Gasteiger partial charge on any atom is -0.350 e. The molecule has 124 valence electrons. The van der Waals surface area contributed by atoms with E-state index in [0.717, 1.165) is 31.5 Å². The largest absolute Gasteiger partial charge is 0.350 e. The molecule has 1 aromatic heterocycles. The van der Waals surface area contributed by atoms with Crippen molar-refractivity contribution < 1.29 is 4.79 Å². The van der Waals surface area contributed by atoms with Crippen molar-refractivity contribution in [2.45, 2.75) is 32.4 Å². The van der Waals surface area contributed by atoms with Crippen LogP contribution in [0.5, 0.6) is 0 Å². The van der Waals surface area contributed by atoms with Crippen molar-refractivity contribution in [1.82, 2.24) is 30.8 Å². The quantitative estimate of drug-likeness (QED) is 0.868. The van der Waals surface area contributed by atoms with Gasteiger partial charge in [0.15, 0.2) is 0 Å². The maximum atomic E-state index is 12.0. The second kappa shape index (κ2) is 8.03. The Hall–Kier alpha value is -1.99. The molecule has 2 aromatic rings. The molecule has 23 heavy (non-hydrogen) atoms. The van der Waals surface area contributed by atoms with Crippen LogP contribution < -0.4 is 10.6 Å². The summed E-state index contributed by atoms with van der Waals surface area (Å²) in [6.07, 6.45) is 2.10. The number of nitrogens with zero attached hydrogens (tertiary/aromatic N) is 4. The minimum atomic E-state index is -0.0819. The molecule has 0 radical (unpaired) electrons. The Balaban J connectivity index is 0.00000192. The fraction of sp³-hybridized carbons (Fsp3) is 0.467. The van der Waals surface area contributed by atoms with E-state index < -0.39 is 0 Å². The highest BCUT2D eigenvalue weighted by molar-refractivity contribution is 5.85. The van der Waals surface area contributed by atoms with Crippen LogP contribution in [0.15, 0.2) is 24.3 Å². The summed E-state index contributed by atoms with van der Waals surface area (Å²) in [6.45, 7) is 3.97. The molecule has 2 heterocycles. The zero-order chi connectivity index (χ0) is 15.4. The molecular weight excluding hydrogens is 316 g/mol. The predicted molar refractivity (Wildman–Crippen MR) is 89.3 cm³/mol. The van der Waals surface area contributed by atoms with Gasteiger partial charge in [-0.2, -0.15) is 4.80 Å². The Labute approximate surface area is 141 Å². The fourth-order valence-corrected chi connectivity index (χ4v) is 2.51.